The summed E-state index contributed by atoms with van der Waals surface area (Å²) in [6.07, 6.45) is 4.20. The van der Waals surface area contributed by atoms with Crippen LogP contribution < -0.4 is 4.74 Å². The lowest BCUT2D eigenvalue weighted by atomic mass is 10.3. The SMILES string of the molecule is O=C(c1ccccn1)N1CCC(Oc2nccs2)C1. The summed E-state index contributed by atoms with van der Waals surface area (Å²) in [5.41, 5.74) is 0.484. The topological polar surface area (TPSA) is 55.3 Å². The molecule has 3 heterocycles. The Morgan fingerprint density at radius 3 is 3.05 bits per heavy atom. The molecule has 1 atom stereocenters. The van der Waals surface area contributed by atoms with E-state index in [1.807, 2.05) is 11.4 Å². The number of thiazole rings is 1. The molecule has 0 aliphatic carbocycles. The highest BCUT2D eigenvalue weighted by Crippen LogP contribution is 2.21. The van der Waals surface area contributed by atoms with E-state index in [0.717, 1.165) is 6.42 Å². The maximum absolute atomic E-state index is 12.2. The maximum atomic E-state index is 12.2. The van der Waals surface area contributed by atoms with Crippen molar-refractivity contribution < 1.29 is 9.53 Å². The highest BCUT2D eigenvalue weighted by molar-refractivity contribution is 7.11. The molecule has 6 heteroatoms. The summed E-state index contributed by atoms with van der Waals surface area (Å²) >= 11 is 1.47. The standard InChI is InChI=1S/C13H13N3O2S/c17-12(11-3-1-2-5-14-11)16-7-4-10(9-16)18-13-15-6-8-19-13/h1-3,5-6,8,10H,4,7,9H2. The van der Waals surface area contributed by atoms with Gasteiger partial charge < -0.3 is 9.64 Å². The zero-order chi connectivity index (χ0) is 13.1. The number of aromatic nitrogens is 2. The lowest BCUT2D eigenvalue weighted by molar-refractivity contribution is 0.0766. The molecule has 2 aromatic heterocycles. The van der Waals surface area contributed by atoms with Crippen molar-refractivity contribution in [3.63, 3.8) is 0 Å². The molecule has 5 nitrogen and oxygen atoms in total. The van der Waals surface area contributed by atoms with Crippen molar-refractivity contribution in [2.45, 2.75) is 12.5 Å². The van der Waals surface area contributed by atoms with E-state index in [1.54, 1.807) is 29.4 Å². The lowest BCUT2D eigenvalue weighted by Crippen LogP contribution is -2.31. The van der Waals surface area contributed by atoms with Crippen LogP contribution in [0.3, 0.4) is 0 Å². The zero-order valence-corrected chi connectivity index (χ0v) is 11.0. The van der Waals surface area contributed by atoms with E-state index in [-0.39, 0.29) is 12.0 Å². The summed E-state index contributed by atoms with van der Waals surface area (Å²) in [6.45, 7) is 1.29. The number of carbonyl (C=O) groups is 1. The molecule has 2 aromatic rings. The molecular weight excluding hydrogens is 262 g/mol. The molecule has 1 aliphatic heterocycles. The van der Waals surface area contributed by atoms with E-state index in [4.69, 9.17) is 4.74 Å². The van der Waals surface area contributed by atoms with Crippen LogP contribution in [0.15, 0.2) is 36.0 Å². The minimum absolute atomic E-state index is 0.0267. The Morgan fingerprint density at radius 2 is 2.32 bits per heavy atom. The first-order chi connectivity index (χ1) is 9.33. The predicted molar refractivity (Wildman–Crippen MR) is 71.3 cm³/mol. The van der Waals surface area contributed by atoms with Crippen LogP contribution in [0, 0.1) is 0 Å². The third-order valence-corrected chi connectivity index (χ3v) is 3.65. The number of hydrogen-bond donors (Lipinski definition) is 0. The summed E-state index contributed by atoms with van der Waals surface area (Å²) in [7, 11) is 0. The van der Waals surface area contributed by atoms with E-state index in [2.05, 4.69) is 9.97 Å². The Morgan fingerprint density at radius 1 is 1.37 bits per heavy atom. The van der Waals surface area contributed by atoms with Crippen molar-refractivity contribution in [1.82, 2.24) is 14.9 Å². The molecule has 98 valence electrons. The van der Waals surface area contributed by atoms with Gasteiger partial charge in [0.1, 0.15) is 11.8 Å². The Hall–Kier alpha value is -1.95. The van der Waals surface area contributed by atoms with Crippen LogP contribution in [-0.4, -0.2) is 40.0 Å². The van der Waals surface area contributed by atoms with E-state index >= 15 is 0 Å². The number of carbonyl (C=O) groups excluding carboxylic acids is 1. The summed E-state index contributed by atoms with van der Waals surface area (Å²) in [5.74, 6) is -0.0363. The minimum atomic E-state index is -0.0363. The van der Waals surface area contributed by atoms with Crippen LogP contribution in [0.1, 0.15) is 16.9 Å². The molecule has 0 N–H and O–H groups in total. The highest BCUT2D eigenvalue weighted by Gasteiger charge is 2.29. The second kappa shape index (κ2) is 5.36. The molecule has 1 unspecified atom stereocenters. The Balaban J connectivity index is 1.61. The number of ether oxygens (including phenoxy) is 1. The third kappa shape index (κ3) is 2.73. The van der Waals surface area contributed by atoms with Crippen LogP contribution in [0.2, 0.25) is 0 Å². The molecular formula is C13H13N3O2S. The second-order valence-electron chi connectivity index (χ2n) is 4.29. The Kier molecular flexibility index (Phi) is 3.41. The quantitative estimate of drug-likeness (QED) is 0.857. The number of likely N-dealkylation sites (tertiary alicyclic amines) is 1. The van der Waals surface area contributed by atoms with Gasteiger partial charge in [0, 0.05) is 30.7 Å². The summed E-state index contributed by atoms with van der Waals surface area (Å²) in [4.78, 5) is 22.1. The average molecular weight is 275 g/mol. The van der Waals surface area contributed by atoms with Gasteiger partial charge in [-0.15, -0.1) is 0 Å². The van der Waals surface area contributed by atoms with Crippen LogP contribution in [-0.2, 0) is 0 Å². The van der Waals surface area contributed by atoms with E-state index in [0.29, 0.717) is 24.0 Å². The van der Waals surface area contributed by atoms with Gasteiger partial charge in [-0.05, 0) is 12.1 Å². The fourth-order valence-corrected chi connectivity index (χ4v) is 2.62. The summed E-state index contributed by atoms with van der Waals surface area (Å²) < 4.78 is 5.72. The molecule has 3 rings (SSSR count). The molecule has 1 aliphatic rings. The van der Waals surface area contributed by atoms with Gasteiger partial charge in [-0.1, -0.05) is 17.4 Å². The second-order valence-corrected chi connectivity index (χ2v) is 5.15. The van der Waals surface area contributed by atoms with Crippen molar-refractivity contribution in [1.29, 1.82) is 0 Å². The first-order valence-corrected chi connectivity index (χ1v) is 6.97. The molecule has 0 radical (unpaired) electrons. The first-order valence-electron chi connectivity index (χ1n) is 6.09. The minimum Gasteiger partial charge on any atom is -0.465 e. The molecule has 1 saturated heterocycles. The maximum Gasteiger partial charge on any atom is 0.273 e. The van der Waals surface area contributed by atoms with Crippen molar-refractivity contribution in [3.05, 3.63) is 41.7 Å². The summed E-state index contributed by atoms with van der Waals surface area (Å²) in [6, 6.07) is 5.35. The van der Waals surface area contributed by atoms with Gasteiger partial charge in [0.05, 0.1) is 6.54 Å². The Labute approximate surface area is 114 Å². The van der Waals surface area contributed by atoms with Crippen LogP contribution >= 0.6 is 11.3 Å². The lowest BCUT2D eigenvalue weighted by Gasteiger charge is -2.15. The van der Waals surface area contributed by atoms with Gasteiger partial charge >= 0.3 is 0 Å². The fourth-order valence-electron chi connectivity index (χ4n) is 2.07. The zero-order valence-electron chi connectivity index (χ0n) is 10.2. The van der Waals surface area contributed by atoms with Gasteiger partial charge in [0.2, 0.25) is 0 Å². The van der Waals surface area contributed by atoms with Crippen LogP contribution in [0.5, 0.6) is 5.19 Å². The summed E-state index contributed by atoms with van der Waals surface area (Å²) in [5, 5.41) is 2.54. The normalized spacial score (nSPS) is 18.5. The van der Waals surface area contributed by atoms with Gasteiger partial charge in [0.15, 0.2) is 0 Å². The molecule has 0 saturated carbocycles. The predicted octanol–water partition coefficient (Wildman–Crippen LogP) is 1.83. The van der Waals surface area contributed by atoms with Crippen LogP contribution in [0.25, 0.3) is 0 Å². The number of rotatable bonds is 3. The monoisotopic (exact) mass is 275 g/mol. The van der Waals surface area contributed by atoms with E-state index in [9.17, 15) is 4.79 Å². The Bertz CT molecular complexity index is 544. The third-order valence-electron chi connectivity index (χ3n) is 2.99. The van der Waals surface area contributed by atoms with Crippen molar-refractivity contribution in [2.24, 2.45) is 0 Å². The van der Waals surface area contributed by atoms with Gasteiger partial charge in [-0.25, -0.2) is 4.98 Å². The molecule has 19 heavy (non-hydrogen) atoms. The van der Waals surface area contributed by atoms with Gasteiger partial charge in [-0.2, -0.15) is 0 Å². The number of hydrogen-bond acceptors (Lipinski definition) is 5. The number of pyridine rings is 1. The van der Waals surface area contributed by atoms with Gasteiger partial charge in [0.25, 0.3) is 11.1 Å². The largest absolute Gasteiger partial charge is 0.465 e. The van der Waals surface area contributed by atoms with Crippen molar-refractivity contribution in [2.75, 3.05) is 13.1 Å². The van der Waals surface area contributed by atoms with E-state index < -0.39 is 0 Å². The smallest absolute Gasteiger partial charge is 0.273 e. The molecule has 1 amide bonds. The first kappa shape index (κ1) is 12.1. The number of amides is 1. The molecule has 0 bridgehead atoms. The molecule has 0 spiro atoms. The number of nitrogens with zero attached hydrogens (tertiary/aromatic N) is 3. The average Bonchev–Trinajstić information content (AvgIpc) is 3.11. The van der Waals surface area contributed by atoms with Crippen molar-refractivity contribution >= 4 is 17.2 Å². The van der Waals surface area contributed by atoms with Gasteiger partial charge in [-0.3, -0.25) is 9.78 Å². The van der Waals surface area contributed by atoms with E-state index in [1.165, 1.54) is 11.3 Å². The molecule has 0 aromatic carbocycles. The van der Waals surface area contributed by atoms with Crippen LogP contribution in [0.4, 0.5) is 0 Å². The fraction of sp³-hybridized carbons (Fsp3) is 0.308. The highest BCUT2D eigenvalue weighted by atomic mass is 32.1. The molecule has 1 fully saturated rings. The van der Waals surface area contributed by atoms with Crippen molar-refractivity contribution in [3.8, 4) is 5.19 Å².